The highest BCUT2D eigenvalue weighted by molar-refractivity contribution is 7.07. The van der Waals surface area contributed by atoms with Crippen molar-refractivity contribution in [1.82, 2.24) is 10.6 Å². The normalized spacial score (nSPS) is 15.1. The Labute approximate surface area is 133 Å². The van der Waals surface area contributed by atoms with E-state index in [9.17, 15) is 14.4 Å². The predicted octanol–water partition coefficient (Wildman–Crippen LogP) is 1.99. The molecule has 1 aromatic rings. The van der Waals surface area contributed by atoms with Crippen LogP contribution in [-0.4, -0.2) is 30.6 Å². The van der Waals surface area contributed by atoms with Crippen LogP contribution >= 0.6 is 11.3 Å². The van der Waals surface area contributed by atoms with Crippen LogP contribution in [0.2, 0.25) is 0 Å². The van der Waals surface area contributed by atoms with E-state index in [1.807, 2.05) is 16.8 Å². The molecule has 1 heterocycles. The third kappa shape index (κ3) is 5.85. The molecule has 7 heteroatoms. The highest BCUT2D eigenvalue weighted by Crippen LogP contribution is 2.17. The van der Waals surface area contributed by atoms with Crippen LogP contribution in [0.25, 0.3) is 0 Å². The molecule has 0 atom stereocenters. The van der Waals surface area contributed by atoms with Crippen molar-refractivity contribution in [3.8, 4) is 0 Å². The Morgan fingerprint density at radius 1 is 1.23 bits per heavy atom. The maximum Gasteiger partial charge on any atom is 0.321 e. The lowest BCUT2D eigenvalue weighted by atomic mass is 9.96. The maximum atomic E-state index is 11.6. The summed E-state index contributed by atoms with van der Waals surface area (Å²) in [5.41, 5.74) is 0.852. The number of carbonyl (C=O) groups excluding carboxylic acids is 3. The van der Waals surface area contributed by atoms with E-state index in [1.165, 1.54) is 17.8 Å². The van der Waals surface area contributed by atoms with Crippen LogP contribution in [0.5, 0.6) is 0 Å². The minimum absolute atomic E-state index is 0.127. The van der Waals surface area contributed by atoms with Gasteiger partial charge in [-0.05, 0) is 35.2 Å². The molecule has 120 valence electrons. The van der Waals surface area contributed by atoms with Crippen molar-refractivity contribution in [3.63, 3.8) is 0 Å². The summed E-state index contributed by atoms with van der Waals surface area (Å²) >= 11 is 1.49. The van der Waals surface area contributed by atoms with Gasteiger partial charge in [0, 0.05) is 6.04 Å². The number of hydrogen-bond acceptors (Lipinski definition) is 5. The molecule has 0 saturated heterocycles. The number of carbonyl (C=O) groups is 3. The van der Waals surface area contributed by atoms with E-state index in [2.05, 4.69) is 10.6 Å². The molecule has 1 aliphatic rings. The quantitative estimate of drug-likeness (QED) is 0.811. The van der Waals surface area contributed by atoms with Crippen molar-refractivity contribution in [2.24, 2.45) is 0 Å². The molecule has 1 aliphatic carbocycles. The van der Waals surface area contributed by atoms with Crippen LogP contribution in [0.1, 0.15) is 37.7 Å². The molecule has 22 heavy (non-hydrogen) atoms. The van der Waals surface area contributed by atoms with E-state index >= 15 is 0 Å². The zero-order valence-corrected chi connectivity index (χ0v) is 13.1. The molecule has 0 spiro atoms. The molecule has 6 nitrogen and oxygen atoms in total. The second kappa shape index (κ2) is 8.53. The molecule has 2 N–H and O–H groups in total. The lowest BCUT2D eigenvalue weighted by Gasteiger charge is -2.22. The maximum absolute atomic E-state index is 11.6. The van der Waals surface area contributed by atoms with Crippen LogP contribution < -0.4 is 10.6 Å². The summed E-state index contributed by atoms with van der Waals surface area (Å²) in [5, 5.41) is 8.65. The van der Waals surface area contributed by atoms with Gasteiger partial charge in [-0.3, -0.25) is 14.9 Å². The molecule has 0 aromatic carbocycles. The van der Waals surface area contributed by atoms with Crippen molar-refractivity contribution in [1.29, 1.82) is 0 Å². The molecule has 0 bridgehead atoms. The van der Waals surface area contributed by atoms with E-state index in [1.54, 1.807) is 0 Å². The van der Waals surface area contributed by atoms with Gasteiger partial charge in [0.25, 0.3) is 5.91 Å². The van der Waals surface area contributed by atoms with Gasteiger partial charge >= 0.3 is 12.0 Å². The van der Waals surface area contributed by atoms with Crippen LogP contribution in [-0.2, 0) is 20.7 Å². The SMILES string of the molecule is O=C(COC(=O)Cc1ccsc1)NC(=O)NC1CCCCC1. The fourth-order valence-corrected chi connectivity index (χ4v) is 3.06. The van der Waals surface area contributed by atoms with Crippen molar-refractivity contribution in [2.45, 2.75) is 44.6 Å². The Kier molecular flexibility index (Phi) is 6.39. The predicted molar refractivity (Wildman–Crippen MR) is 82.5 cm³/mol. The smallest absolute Gasteiger partial charge is 0.321 e. The first-order valence-corrected chi connectivity index (χ1v) is 8.35. The number of ether oxygens (including phenoxy) is 1. The third-order valence-electron chi connectivity index (χ3n) is 3.49. The first kappa shape index (κ1) is 16.5. The zero-order chi connectivity index (χ0) is 15.8. The van der Waals surface area contributed by atoms with Gasteiger partial charge < -0.3 is 10.1 Å². The topological polar surface area (TPSA) is 84.5 Å². The molecular weight excluding hydrogens is 304 g/mol. The summed E-state index contributed by atoms with van der Waals surface area (Å²) in [7, 11) is 0. The average molecular weight is 324 g/mol. The number of thiophene rings is 1. The lowest BCUT2D eigenvalue weighted by molar-refractivity contribution is -0.147. The summed E-state index contributed by atoms with van der Waals surface area (Å²) in [4.78, 5) is 34.7. The molecule has 1 aromatic heterocycles. The van der Waals surface area contributed by atoms with Crippen molar-refractivity contribution >= 4 is 29.2 Å². The number of hydrogen-bond donors (Lipinski definition) is 2. The van der Waals surface area contributed by atoms with Gasteiger partial charge in [0.1, 0.15) is 0 Å². The van der Waals surface area contributed by atoms with Crippen molar-refractivity contribution in [2.75, 3.05) is 6.61 Å². The van der Waals surface area contributed by atoms with Crippen LogP contribution in [0.15, 0.2) is 16.8 Å². The number of esters is 1. The van der Waals surface area contributed by atoms with Gasteiger partial charge in [-0.15, -0.1) is 0 Å². The molecule has 1 fully saturated rings. The number of amides is 3. The number of imide groups is 1. The highest BCUT2D eigenvalue weighted by atomic mass is 32.1. The first-order valence-electron chi connectivity index (χ1n) is 7.40. The summed E-state index contributed by atoms with van der Waals surface area (Å²) in [6.45, 7) is -0.443. The van der Waals surface area contributed by atoms with Gasteiger partial charge in [-0.1, -0.05) is 19.3 Å². The lowest BCUT2D eigenvalue weighted by Crippen LogP contribution is -2.46. The third-order valence-corrected chi connectivity index (χ3v) is 4.22. The second-order valence-corrected chi connectivity index (χ2v) is 6.11. The summed E-state index contributed by atoms with van der Waals surface area (Å²) < 4.78 is 4.84. The molecule has 0 radical (unpaired) electrons. The Morgan fingerprint density at radius 2 is 2.00 bits per heavy atom. The number of rotatable bonds is 5. The Balaban J connectivity index is 1.62. The van der Waals surface area contributed by atoms with Gasteiger partial charge in [-0.25, -0.2) is 4.79 Å². The van der Waals surface area contributed by atoms with E-state index in [4.69, 9.17) is 4.74 Å². The fourth-order valence-electron chi connectivity index (χ4n) is 2.39. The van der Waals surface area contributed by atoms with Crippen LogP contribution in [0.4, 0.5) is 4.79 Å². The van der Waals surface area contributed by atoms with E-state index in [0.29, 0.717) is 0 Å². The summed E-state index contributed by atoms with van der Waals surface area (Å²) in [6.07, 6.45) is 5.40. The Bertz CT molecular complexity index is 510. The van der Waals surface area contributed by atoms with Gasteiger partial charge in [-0.2, -0.15) is 11.3 Å². The minimum atomic E-state index is -0.619. The molecule has 0 aliphatic heterocycles. The second-order valence-electron chi connectivity index (χ2n) is 5.33. The molecule has 2 rings (SSSR count). The molecule has 1 saturated carbocycles. The zero-order valence-electron chi connectivity index (χ0n) is 12.3. The van der Waals surface area contributed by atoms with Gasteiger partial charge in [0.05, 0.1) is 6.42 Å². The monoisotopic (exact) mass is 324 g/mol. The number of nitrogens with one attached hydrogen (secondary N) is 2. The Morgan fingerprint density at radius 3 is 2.68 bits per heavy atom. The van der Waals surface area contributed by atoms with E-state index in [0.717, 1.165) is 31.2 Å². The van der Waals surface area contributed by atoms with Crippen molar-refractivity contribution in [3.05, 3.63) is 22.4 Å². The Hall–Kier alpha value is -1.89. The standard InChI is InChI=1S/C15H20N2O4S/c18-13(9-21-14(19)8-11-6-7-22-10-11)17-15(20)16-12-4-2-1-3-5-12/h6-7,10,12H,1-5,8-9H2,(H2,16,17,18,20). The van der Waals surface area contributed by atoms with E-state index in [-0.39, 0.29) is 12.5 Å². The number of urea groups is 1. The largest absolute Gasteiger partial charge is 0.455 e. The fraction of sp³-hybridized carbons (Fsp3) is 0.533. The van der Waals surface area contributed by atoms with Gasteiger partial charge in [0.15, 0.2) is 6.61 Å². The van der Waals surface area contributed by atoms with Gasteiger partial charge in [0.2, 0.25) is 0 Å². The first-order chi connectivity index (χ1) is 10.6. The summed E-state index contributed by atoms with van der Waals surface area (Å²) in [6, 6.07) is 1.43. The van der Waals surface area contributed by atoms with E-state index < -0.39 is 24.5 Å². The average Bonchev–Trinajstić information content (AvgIpc) is 2.99. The van der Waals surface area contributed by atoms with Crippen LogP contribution in [0.3, 0.4) is 0 Å². The van der Waals surface area contributed by atoms with Crippen LogP contribution in [0, 0.1) is 0 Å². The molecule has 3 amide bonds. The summed E-state index contributed by atoms with van der Waals surface area (Å²) in [5.74, 6) is -1.10. The highest BCUT2D eigenvalue weighted by Gasteiger charge is 2.17. The van der Waals surface area contributed by atoms with Crippen molar-refractivity contribution < 1.29 is 19.1 Å². The minimum Gasteiger partial charge on any atom is -0.455 e. The molecule has 0 unspecified atom stereocenters. The molecular formula is C15H20N2O4S.